The number of aldehydes is 1. The summed E-state index contributed by atoms with van der Waals surface area (Å²) >= 11 is 0. The Labute approximate surface area is 158 Å². The molecule has 0 atom stereocenters. The van der Waals surface area contributed by atoms with Crippen LogP contribution in [0.4, 0.5) is 29.1 Å². The van der Waals surface area contributed by atoms with Crippen molar-refractivity contribution in [2.75, 3.05) is 18.4 Å². The van der Waals surface area contributed by atoms with E-state index in [4.69, 9.17) is 0 Å². The monoisotopic (exact) mass is 392 g/mol. The Morgan fingerprint density at radius 3 is 2.64 bits per heavy atom. The van der Waals surface area contributed by atoms with Crippen LogP contribution < -0.4 is 5.32 Å². The van der Waals surface area contributed by atoms with Crippen LogP contribution in [0.1, 0.15) is 17.7 Å². The number of rotatable bonds is 5. The molecule has 1 aliphatic rings. The van der Waals surface area contributed by atoms with Crippen LogP contribution in [0.5, 0.6) is 0 Å². The van der Waals surface area contributed by atoms with Crippen LogP contribution in [0.15, 0.2) is 54.8 Å². The van der Waals surface area contributed by atoms with Gasteiger partial charge in [0.05, 0.1) is 11.9 Å². The number of allylic oxidation sites excluding steroid dienone is 1. The molecule has 0 spiro atoms. The second kappa shape index (κ2) is 8.20. The van der Waals surface area contributed by atoms with Crippen molar-refractivity contribution in [3.8, 4) is 0 Å². The molecule has 2 aromatic rings. The van der Waals surface area contributed by atoms with Gasteiger partial charge in [-0.3, -0.25) is 4.79 Å². The fourth-order valence-corrected chi connectivity index (χ4v) is 2.79. The molecule has 2 aromatic heterocycles. The van der Waals surface area contributed by atoms with Gasteiger partial charge in [0.15, 0.2) is 12.1 Å². The molecule has 0 bridgehead atoms. The Hall–Kier alpha value is -3.23. The number of alkyl halides is 3. The zero-order valence-electron chi connectivity index (χ0n) is 14.6. The molecule has 0 unspecified atom stereocenters. The van der Waals surface area contributed by atoms with Crippen molar-refractivity contribution in [1.82, 2.24) is 14.9 Å². The number of pyridine rings is 2. The highest BCUT2D eigenvalue weighted by atomic mass is 19.4. The SMILES string of the molecule is O=CC(F)=CN1CC=C(c2cccnc2Nc2ccc(C(F)(F)F)nc2)CC1. The van der Waals surface area contributed by atoms with E-state index < -0.39 is 17.7 Å². The molecule has 146 valence electrons. The molecular formula is C19H16F4N4O. The number of carbonyl (C=O) groups is 1. The van der Waals surface area contributed by atoms with Gasteiger partial charge in [0.1, 0.15) is 11.5 Å². The third-order valence-corrected chi connectivity index (χ3v) is 4.13. The molecule has 1 N–H and O–H groups in total. The summed E-state index contributed by atoms with van der Waals surface area (Å²) < 4.78 is 51.0. The summed E-state index contributed by atoms with van der Waals surface area (Å²) in [5.74, 6) is -0.353. The molecule has 28 heavy (non-hydrogen) atoms. The molecule has 0 saturated heterocycles. The minimum Gasteiger partial charge on any atom is -0.371 e. The molecule has 1 aliphatic heterocycles. The van der Waals surface area contributed by atoms with Gasteiger partial charge in [0, 0.05) is 31.0 Å². The average Bonchev–Trinajstić information content (AvgIpc) is 2.69. The molecule has 0 radical (unpaired) electrons. The van der Waals surface area contributed by atoms with Crippen molar-refractivity contribution in [3.05, 3.63) is 66.0 Å². The van der Waals surface area contributed by atoms with Crippen molar-refractivity contribution in [3.63, 3.8) is 0 Å². The molecule has 0 amide bonds. The molecule has 3 heterocycles. The van der Waals surface area contributed by atoms with Gasteiger partial charge in [-0.1, -0.05) is 6.08 Å². The van der Waals surface area contributed by atoms with Crippen molar-refractivity contribution in [2.45, 2.75) is 12.6 Å². The highest BCUT2D eigenvalue weighted by molar-refractivity contribution is 5.77. The molecule has 9 heteroatoms. The number of halogens is 4. The van der Waals surface area contributed by atoms with E-state index in [1.807, 2.05) is 12.1 Å². The number of anilines is 2. The van der Waals surface area contributed by atoms with Crippen LogP contribution in [0.3, 0.4) is 0 Å². The summed E-state index contributed by atoms with van der Waals surface area (Å²) in [7, 11) is 0. The van der Waals surface area contributed by atoms with E-state index in [1.165, 1.54) is 6.07 Å². The second-order valence-electron chi connectivity index (χ2n) is 6.06. The number of hydrogen-bond acceptors (Lipinski definition) is 5. The van der Waals surface area contributed by atoms with E-state index in [9.17, 15) is 22.4 Å². The van der Waals surface area contributed by atoms with Crippen LogP contribution in [0.2, 0.25) is 0 Å². The number of nitrogens with zero attached hydrogens (tertiary/aromatic N) is 3. The Balaban J connectivity index is 1.78. The smallest absolute Gasteiger partial charge is 0.371 e. The molecule has 0 aromatic carbocycles. The Morgan fingerprint density at radius 1 is 1.21 bits per heavy atom. The average molecular weight is 392 g/mol. The molecule has 5 nitrogen and oxygen atoms in total. The standard InChI is InChI=1S/C19H16F4N4O/c20-14(12-28)11-27-8-5-13(6-9-27)16-2-1-7-24-18(16)26-15-3-4-17(25-10-15)19(21,22)23/h1-5,7,10-12H,6,8-9H2,(H,24,26). The zero-order valence-corrected chi connectivity index (χ0v) is 14.6. The Bertz CT molecular complexity index is 907. The normalized spacial score (nSPS) is 15.2. The molecule has 0 aliphatic carbocycles. The van der Waals surface area contributed by atoms with E-state index >= 15 is 0 Å². The van der Waals surface area contributed by atoms with Crippen molar-refractivity contribution in [1.29, 1.82) is 0 Å². The van der Waals surface area contributed by atoms with Crippen LogP contribution in [0, 0.1) is 0 Å². The van der Waals surface area contributed by atoms with Crippen LogP contribution in [-0.2, 0) is 11.0 Å². The maximum absolute atomic E-state index is 13.1. The summed E-state index contributed by atoms with van der Waals surface area (Å²) in [6.07, 6.45) is 1.98. The third kappa shape index (κ3) is 4.73. The minimum atomic E-state index is -4.49. The van der Waals surface area contributed by atoms with Crippen molar-refractivity contribution in [2.24, 2.45) is 0 Å². The topological polar surface area (TPSA) is 58.1 Å². The van der Waals surface area contributed by atoms with Gasteiger partial charge in [0.2, 0.25) is 0 Å². The maximum Gasteiger partial charge on any atom is 0.433 e. The van der Waals surface area contributed by atoms with E-state index in [-0.39, 0.29) is 6.29 Å². The minimum absolute atomic E-state index is 0.153. The zero-order chi connectivity index (χ0) is 20.1. The highest BCUT2D eigenvalue weighted by Gasteiger charge is 2.32. The van der Waals surface area contributed by atoms with Gasteiger partial charge < -0.3 is 10.2 Å². The summed E-state index contributed by atoms with van der Waals surface area (Å²) in [5.41, 5.74) is 1.17. The van der Waals surface area contributed by atoms with Crippen LogP contribution in [-0.4, -0.2) is 34.2 Å². The van der Waals surface area contributed by atoms with Gasteiger partial charge in [-0.15, -0.1) is 0 Å². The first-order valence-electron chi connectivity index (χ1n) is 8.38. The second-order valence-corrected chi connectivity index (χ2v) is 6.06. The molecular weight excluding hydrogens is 376 g/mol. The summed E-state index contributed by atoms with van der Waals surface area (Å²) in [6.45, 7) is 0.941. The van der Waals surface area contributed by atoms with Gasteiger partial charge in [-0.05, 0) is 36.3 Å². The van der Waals surface area contributed by atoms with E-state index in [0.29, 0.717) is 31.0 Å². The first kappa shape index (κ1) is 19.5. The predicted octanol–water partition coefficient (Wildman–Crippen LogP) is 4.34. The highest BCUT2D eigenvalue weighted by Crippen LogP contribution is 2.31. The first-order valence-corrected chi connectivity index (χ1v) is 8.38. The summed E-state index contributed by atoms with van der Waals surface area (Å²) in [5, 5.41) is 2.99. The fraction of sp³-hybridized carbons (Fsp3) is 0.211. The number of nitrogens with one attached hydrogen (secondary N) is 1. The van der Waals surface area contributed by atoms with Crippen molar-refractivity contribution >= 4 is 23.4 Å². The lowest BCUT2D eigenvalue weighted by Crippen LogP contribution is -2.23. The van der Waals surface area contributed by atoms with Crippen LogP contribution in [0.25, 0.3) is 5.57 Å². The lowest BCUT2D eigenvalue weighted by Gasteiger charge is -2.25. The summed E-state index contributed by atoms with van der Waals surface area (Å²) in [4.78, 5) is 19.8. The maximum atomic E-state index is 13.1. The molecule has 0 saturated carbocycles. The molecule has 3 rings (SSSR count). The van der Waals surface area contributed by atoms with E-state index in [2.05, 4.69) is 15.3 Å². The fourth-order valence-electron chi connectivity index (χ4n) is 2.79. The van der Waals surface area contributed by atoms with E-state index in [1.54, 1.807) is 17.2 Å². The third-order valence-electron chi connectivity index (χ3n) is 4.13. The van der Waals surface area contributed by atoms with Crippen molar-refractivity contribution < 1.29 is 22.4 Å². The quantitative estimate of drug-likeness (QED) is 0.466. The van der Waals surface area contributed by atoms with Gasteiger partial charge >= 0.3 is 6.18 Å². The summed E-state index contributed by atoms with van der Waals surface area (Å²) in [6, 6.07) is 5.79. The Morgan fingerprint density at radius 2 is 2.04 bits per heavy atom. The lowest BCUT2D eigenvalue weighted by molar-refractivity contribution is -0.141. The largest absolute Gasteiger partial charge is 0.433 e. The molecule has 0 fully saturated rings. The van der Waals surface area contributed by atoms with Gasteiger partial charge in [-0.2, -0.15) is 13.2 Å². The van der Waals surface area contributed by atoms with E-state index in [0.717, 1.165) is 29.6 Å². The van der Waals surface area contributed by atoms with Crippen LogP contribution >= 0.6 is 0 Å². The number of aromatic nitrogens is 2. The number of hydrogen-bond donors (Lipinski definition) is 1. The lowest BCUT2D eigenvalue weighted by atomic mass is 10.00. The Kier molecular flexibility index (Phi) is 5.72. The number of carbonyl (C=O) groups excluding carboxylic acids is 1. The van der Waals surface area contributed by atoms with Gasteiger partial charge in [-0.25, -0.2) is 14.4 Å². The first-order chi connectivity index (χ1) is 13.4. The predicted molar refractivity (Wildman–Crippen MR) is 96.2 cm³/mol. The van der Waals surface area contributed by atoms with Gasteiger partial charge in [0.25, 0.3) is 0 Å².